The zero-order valence-corrected chi connectivity index (χ0v) is 17.9. The smallest absolute Gasteiger partial charge is 0.340 e. The average molecular weight is 423 g/mol. The van der Waals surface area contributed by atoms with Crippen LogP contribution in [0.4, 0.5) is 5.00 Å². The van der Waals surface area contributed by atoms with Crippen LogP contribution in [0.3, 0.4) is 0 Å². The minimum atomic E-state index is -0.458. The largest absolute Gasteiger partial charge is 0.465 e. The van der Waals surface area contributed by atoms with Gasteiger partial charge in [0.05, 0.1) is 18.4 Å². The van der Waals surface area contributed by atoms with Crippen molar-refractivity contribution in [2.45, 2.75) is 50.1 Å². The number of aromatic nitrogens is 3. The van der Waals surface area contributed by atoms with Crippen LogP contribution in [-0.4, -0.2) is 39.5 Å². The topological polar surface area (TPSA) is 86.1 Å². The number of thioether (sulfide) groups is 1. The van der Waals surface area contributed by atoms with E-state index in [1.807, 2.05) is 11.6 Å². The molecular weight excluding hydrogens is 396 g/mol. The van der Waals surface area contributed by atoms with Crippen molar-refractivity contribution in [2.24, 2.45) is 13.0 Å². The number of methoxy groups -OCH3 is 1. The molecule has 7 nitrogen and oxygen atoms in total. The maximum atomic E-state index is 12.3. The number of esters is 1. The number of aryl methyl sites for hydroxylation is 1. The first-order chi connectivity index (χ1) is 13.6. The van der Waals surface area contributed by atoms with Crippen molar-refractivity contribution < 1.29 is 14.3 Å². The number of rotatable bonds is 8. The Hall–Kier alpha value is -1.87. The quantitative estimate of drug-likeness (QED) is 0.513. The molecule has 28 heavy (non-hydrogen) atoms. The van der Waals surface area contributed by atoms with Gasteiger partial charge in [-0.2, -0.15) is 0 Å². The van der Waals surface area contributed by atoms with E-state index in [1.165, 1.54) is 62.3 Å². The highest BCUT2D eigenvalue weighted by Gasteiger charge is 2.18. The summed E-state index contributed by atoms with van der Waals surface area (Å²) in [5, 5.41) is 14.3. The fourth-order valence-electron chi connectivity index (χ4n) is 3.47. The Balaban J connectivity index is 1.49. The van der Waals surface area contributed by atoms with Gasteiger partial charge in [-0.05, 0) is 23.8 Å². The van der Waals surface area contributed by atoms with Crippen LogP contribution in [0.1, 0.15) is 54.7 Å². The summed E-state index contributed by atoms with van der Waals surface area (Å²) < 4.78 is 6.70. The molecule has 0 radical (unpaired) electrons. The molecule has 2 aromatic rings. The molecule has 152 valence electrons. The first-order valence-electron chi connectivity index (χ1n) is 9.55. The Bertz CT molecular complexity index is 812. The Morgan fingerprint density at radius 1 is 1.32 bits per heavy atom. The number of hydrogen-bond donors (Lipinski definition) is 1. The number of hydrogen-bond acceptors (Lipinski definition) is 7. The minimum Gasteiger partial charge on any atom is -0.465 e. The molecular formula is C19H26N4O3S2. The number of anilines is 1. The van der Waals surface area contributed by atoms with Gasteiger partial charge in [-0.1, -0.05) is 43.9 Å². The number of ether oxygens (including phenoxy) is 1. The maximum absolute atomic E-state index is 12.3. The lowest BCUT2D eigenvalue weighted by atomic mass is 9.86. The fraction of sp³-hybridized carbons (Fsp3) is 0.579. The molecule has 0 aromatic carbocycles. The van der Waals surface area contributed by atoms with E-state index in [-0.39, 0.29) is 11.7 Å². The standard InChI is InChI=1S/C19H26N4O3S2/c1-23-15(9-8-13-6-4-3-5-7-13)21-22-19(23)28-12-16(24)20-17-14(10-11-27-17)18(25)26-2/h10-11,13H,3-9,12H2,1-2H3,(H,20,24). The van der Waals surface area contributed by atoms with E-state index >= 15 is 0 Å². The summed E-state index contributed by atoms with van der Waals surface area (Å²) in [6.45, 7) is 0. The third-order valence-electron chi connectivity index (χ3n) is 5.08. The van der Waals surface area contributed by atoms with Gasteiger partial charge in [-0.25, -0.2) is 4.79 Å². The van der Waals surface area contributed by atoms with Crippen LogP contribution in [0, 0.1) is 5.92 Å². The van der Waals surface area contributed by atoms with E-state index in [0.29, 0.717) is 10.6 Å². The van der Waals surface area contributed by atoms with E-state index < -0.39 is 5.97 Å². The predicted molar refractivity (Wildman–Crippen MR) is 111 cm³/mol. The second-order valence-electron chi connectivity index (χ2n) is 6.99. The number of nitrogens with one attached hydrogen (secondary N) is 1. The zero-order valence-electron chi connectivity index (χ0n) is 16.3. The SMILES string of the molecule is COC(=O)c1ccsc1NC(=O)CSc1nnc(CCC2CCCCC2)n1C. The molecule has 1 N–H and O–H groups in total. The molecule has 0 aliphatic heterocycles. The molecule has 2 aromatic heterocycles. The van der Waals surface area contributed by atoms with Crippen LogP contribution >= 0.6 is 23.1 Å². The van der Waals surface area contributed by atoms with Crippen LogP contribution < -0.4 is 5.32 Å². The van der Waals surface area contributed by atoms with Crippen molar-refractivity contribution in [3.63, 3.8) is 0 Å². The summed E-state index contributed by atoms with van der Waals surface area (Å²) in [6.07, 6.45) is 8.81. The lowest BCUT2D eigenvalue weighted by molar-refractivity contribution is -0.113. The third kappa shape index (κ3) is 5.35. The van der Waals surface area contributed by atoms with Crippen molar-refractivity contribution in [3.05, 3.63) is 22.8 Å². The van der Waals surface area contributed by atoms with Crippen LogP contribution in [0.2, 0.25) is 0 Å². The van der Waals surface area contributed by atoms with Gasteiger partial charge in [0, 0.05) is 13.5 Å². The summed E-state index contributed by atoms with van der Waals surface area (Å²) in [4.78, 5) is 23.9. The van der Waals surface area contributed by atoms with Gasteiger partial charge >= 0.3 is 5.97 Å². The van der Waals surface area contributed by atoms with Crippen molar-refractivity contribution in [2.75, 3.05) is 18.2 Å². The Morgan fingerprint density at radius 2 is 2.11 bits per heavy atom. The molecule has 1 aliphatic carbocycles. The highest BCUT2D eigenvalue weighted by molar-refractivity contribution is 7.99. The molecule has 9 heteroatoms. The molecule has 1 saturated carbocycles. The molecule has 0 spiro atoms. The lowest BCUT2D eigenvalue weighted by Gasteiger charge is -2.20. The monoisotopic (exact) mass is 422 g/mol. The second-order valence-corrected chi connectivity index (χ2v) is 8.85. The van der Waals surface area contributed by atoms with Gasteiger partial charge in [0.1, 0.15) is 10.8 Å². The van der Waals surface area contributed by atoms with Gasteiger partial charge in [0.25, 0.3) is 0 Å². The number of amides is 1. The van der Waals surface area contributed by atoms with Gasteiger partial charge in [-0.3, -0.25) is 4.79 Å². The number of carbonyl (C=O) groups is 2. The first kappa shape index (κ1) is 20.9. The summed E-state index contributed by atoms with van der Waals surface area (Å²) in [6, 6.07) is 1.64. The van der Waals surface area contributed by atoms with Crippen LogP contribution in [0.25, 0.3) is 0 Å². The number of thiophene rings is 1. The molecule has 1 amide bonds. The highest BCUT2D eigenvalue weighted by Crippen LogP contribution is 2.28. The molecule has 0 atom stereocenters. The van der Waals surface area contributed by atoms with Gasteiger partial charge in [0.2, 0.25) is 5.91 Å². The van der Waals surface area contributed by atoms with E-state index in [0.717, 1.165) is 29.7 Å². The third-order valence-corrected chi connectivity index (χ3v) is 6.93. The average Bonchev–Trinajstić information content (AvgIpc) is 3.31. The molecule has 1 fully saturated rings. The highest BCUT2D eigenvalue weighted by atomic mass is 32.2. The molecule has 0 bridgehead atoms. The predicted octanol–water partition coefficient (Wildman–Crippen LogP) is 3.91. The maximum Gasteiger partial charge on any atom is 0.340 e. The summed E-state index contributed by atoms with van der Waals surface area (Å²) in [5.74, 6) is 1.33. The van der Waals surface area contributed by atoms with E-state index in [2.05, 4.69) is 15.5 Å². The summed E-state index contributed by atoms with van der Waals surface area (Å²) in [5.41, 5.74) is 0.370. The van der Waals surface area contributed by atoms with Crippen molar-refractivity contribution >= 4 is 40.0 Å². The lowest BCUT2D eigenvalue weighted by Crippen LogP contribution is -2.16. The van der Waals surface area contributed by atoms with E-state index in [9.17, 15) is 9.59 Å². The zero-order chi connectivity index (χ0) is 19.9. The van der Waals surface area contributed by atoms with Gasteiger partial charge < -0.3 is 14.6 Å². The van der Waals surface area contributed by atoms with E-state index in [1.54, 1.807) is 11.4 Å². The fourth-order valence-corrected chi connectivity index (χ4v) is 4.99. The molecule has 1 aliphatic rings. The molecule has 3 rings (SSSR count). The Morgan fingerprint density at radius 3 is 2.86 bits per heavy atom. The molecule has 0 saturated heterocycles. The summed E-state index contributed by atoms with van der Waals surface area (Å²) >= 11 is 2.64. The van der Waals surface area contributed by atoms with E-state index in [4.69, 9.17) is 4.74 Å². The van der Waals surface area contributed by atoms with Crippen LogP contribution in [-0.2, 0) is 23.0 Å². The Kier molecular flexibility index (Phi) is 7.50. The van der Waals surface area contributed by atoms with Gasteiger partial charge in [0.15, 0.2) is 5.16 Å². The minimum absolute atomic E-state index is 0.190. The van der Waals surface area contributed by atoms with Crippen molar-refractivity contribution in [1.29, 1.82) is 0 Å². The van der Waals surface area contributed by atoms with Crippen LogP contribution in [0.5, 0.6) is 0 Å². The van der Waals surface area contributed by atoms with Crippen LogP contribution in [0.15, 0.2) is 16.6 Å². The van der Waals surface area contributed by atoms with Gasteiger partial charge in [-0.15, -0.1) is 21.5 Å². The first-order valence-corrected chi connectivity index (χ1v) is 11.4. The number of nitrogens with zero attached hydrogens (tertiary/aromatic N) is 3. The van der Waals surface area contributed by atoms with Crippen molar-refractivity contribution in [1.82, 2.24) is 14.8 Å². The number of carbonyl (C=O) groups excluding carboxylic acids is 2. The van der Waals surface area contributed by atoms with Crippen molar-refractivity contribution in [3.8, 4) is 0 Å². The molecule has 2 heterocycles. The Labute approximate surface area is 173 Å². The summed E-state index contributed by atoms with van der Waals surface area (Å²) in [7, 11) is 3.27. The molecule has 0 unspecified atom stereocenters. The second kappa shape index (κ2) is 10.1. The normalized spacial score (nSPS) is 14.8.